The molecule has 1 aromatic rings. The van der Waals surface area contributed by atoms with Gasteiger partial charge in [-0.1, -0.05) is 19.9 Å². The average Bonchev–Trinajstić information content (AvgIpc) is 2.25. The van der Waals surface area contributed by atoms with Crippen LogP contribution in [0, 0.1) is 21.8 Å². The second-order valence-corrected chi connectivity index (χ2v) is 4.46. The summed E-state index contributed by atoms with van der Waals surface area (Å²) < 4.78 is 13.5. The Bertz CT molecular complexity index is 421. The lowest BCUT2D eigenvalue weighted by atomic mass is 10.0. The maximum Gasteiger partial charge on any atom is 0.327 e. The van der Waals surface area contributed by atoms with Crippen LogP contribution in [0.1, 0.15) is 20.8 Å². The number of hydrogen-bond donors (Lipinski definition) is 0. The van der Waals surface area contributed by atoms with E-state index in [2.05, 4.69) is 0 Å². The van der Waals surface area contributed by atoms with Gasteiger partial charge in [0.05, 0.1) is 4.92 Å². The molecule has 0 aromatic heterocycles. The fourth-order valence-corrected chi connectivity index (χ4v) is 1.64. The van der Waals surface area contributed by atoms with Crippen LogP contribution in [0.3, 0.4) is 0 Å². The van der Waals surface area contributed by atoms with Crippen LogP contribution in [0.2, 0.25) is 0 Å². The van der Waals surface area contributed by atoms with E-state index < -0.39 is 16.4 Å². The lowest BCUT2D eigenvalue weighted by Gasteiger charge is -2.29. The van der Waals surface area contributed by atoms with Crippen molar-refractivity contribution in [2.75, 3.05) is 11.9 Å². The van der Waals surface area contributed by atoms with Gasteiger partial charge in [0.1, 0.15) is 5.69 Å². The molecule has 5 heteroatoms. The van der Waals surface area contributed by atoms with E-state index >= 15 is 0 Å². The number of nitrogens with zero attached hydrogens (tertiary/aromatic N) is 2. The molecule has 94 valence electrons. The SMILES string of the molecule is CC(C)C(C)N(C)c1cccc(F)c1[N+](=O)[O-]. The quantitative estimate of drug-likeness (QED) is 0.599. The minimum Gasteiger partial charge on any atom is -0.366 e. The fourth-order valence-electron chi connectivity index (χ4n) is 1.64. The monoisotopic (exact) mass is 240 g/mol. The summed E-state index contributed by atoms with van der Waals surface area (Å²) in [6.07, 6.45) is 0. The van der Waals surface area contributed by atoms with Gasteiger partial charge in [-0.3, -0.25) is 10.1 Å². The maximum absolute atomic E-state index is 13.5. The van der Waals surface area contributed by atoms with Crippen molar-refractivity contribution in [2.45, 2.75) is 26.8 Å². The Labute approximate surface area is 100 Å². The highest BCUT2D eigenvalue weighted by Crippen LogP contribution is 2.32. The zero-order valence-corrected chi connectivity index (χ0v) is 10.5. The molecular formula is C12H17FN2O2. The molecule has 0 fully saturated rings. The first-order chi connectivity index (χ1) is 7.86. The first-order valence-corrected chi connectivity index (χ1v) is 5.52. The highest BCUT2D eigenvalue weighted by Gasteiger charge is 2.25. The fraction of sp³-hybridized carbons (Fsp3) is 0.500. The summed E-state index contributed by atoms with van der Waals surface area (Å²) in [7, 11) is 1.74. The van der Waals surface area contributed by atoms with Gasteiger partial charge in [0.15, 0.2) is 0 Å². The van der Waals surface area contributed by atoms with Gasteiger partial charge in [-0.2, -0.15) is 4.39 Å². The highest BCUT2D eigenvalue weighted by molar-refractivity contribution is 5.63. The third kappa shape index (κ3) is 2.72. The molecule has 1 rings (SSSR count). The molecule has 4 nitrogen and oxygen atoms in total. The van der Waals surface area contributed by atoms with E-state index in [0.29, 0.717) is 11.6 Å². The van der Waals surface area contributed by atoms with E-state index in [9.17, 15) is 14.5 Å². The highest BCUT2D eigenvalue weighted by atomic mass is 19.1. The van der Waals surface area contributed by atoms with Gasteiger partial charge in [-0.15, -0.1) is 0 Å². The van der Waals surface area contributed by atoms with Crippen LogP contribution in [0.5, 0.6) is 0 Å². The van der Waals surface area contributed by atoms with Crippen molar-refractivity contribution in [1.82, 2.24) is 0 Å². The van der Waals surface area contributed by atoms with Crippen LogP contribution in [-0.4, -0.2) is 18.0 Å². The van der Waals surface area contributed by atoms with Gasteiger partial charge < -0.3 is 4.90 Å². The number of anilines is 1. The van der Waals surface area contributed by atoms with E-state index in [1.165, 1.54) is 6.07 Å². The Morgan fingerprint density at radius 3 is 2.41 bits per heavy atom. The van der Waals surface area contributed by atoms with Crippen LogP contribution >= 0.6 is 0 Å². The molecule has 0 aliphatic rings. The molecule has 0 saturated heterocycles. The first-order valence-electron chi connectivity index (χ1n) is 5.52. The molecule has 17 heavy (non-hydrogen) atoms. The van der Waals surface area contributed by atoms with Gasteiger partial charge in [-0.05, 0) is 25.0 Å². The van der Waals surface area contributed by atoms with Crippen molar-refractivity contribution in [3.63, 3.8) is 0 Å². The number of rotatable bonds is 4. The van der Waals surface area contributed by atoms with E-state index in [1.807, 2.05) is 20.8 Å². The predicted molar refractivity (Wildman–Crippen MR) is 65.8 cm³/mol. The minimum absolute atomic E-state index is 0.0931. The second kappa shape index (κ2) is 5.12. The standard InChI is InChI=1S/C12H17FN2O2/c1-8(2)9(3)14(4)11-7-5-6-10(13)12(11)15(16)17/h5-9H,1-4H3. The van der Waals surface area contributed by atoms with Crippen molar-refractivity contribution in [2.24, 2.45) is 5.92 Å². The van der Waals surface area contributed by atoms with E-state index in [4.69, 9.17) is 0 Å². The Morgan fingerprint density at radius 2 is 1.94 bits per heavy atom. The van der Waals surface area contributed by atoms with E-state index in [-0.39, 0.29) is 6.04 Å². The molecular weight excluding hydrogens is 223 g/mol. The predicted octanol–water partition coefficient (Wildman–Crippen LogP) is 3.21. The summed E-state index contributed by atoms with van der Waals surface area (Å²) in [6, 6.07) is 4.26. The minimum atomic E-state index is -0.796. The van der Waals surface area contributed by atoms with Gasteiger partial charge in [0.2, 0.25) is 5.82 Å². The molecule has 0 saturated carbocycles. The van der Waals surface area contributed by atoms with Gasteiger partial charge in [0, 0.05) is 13.1 Å². The van der Waals surface area contributed by atoms with Crippen LogP contribution in [0.4, 0.5) is 15.8 Å². The van der Waals surface area contributed by atoms with Gasteiger partial charge in [0.25, 0.3) is 0 Å². The van der Waals surface area contributed by atoms with E-state index in [1.54, 1.807) is 18.0 Å². The summed E-state index contributed by atoms with van der Waals surface area (Å²) in [5, 5.41) is 10.9. The zero-order valence-electron chi connectivity index (χ0n) is 10.5. The molecule has 0 N–H and O–H groups in total. The Kier molecular flexibility index (Phi) is 4.04. The largest absolute Gasteiger partial charge is 0.366 e. The third-order valence-corrected chi connectivity index (χ3v) is 3.10. The number of hydrogen-bond acceptors (Lipinski definition) is 3. The topological polar surface area (TPSA) is 46.4 Å². The number of halogens is 1. The summed E-state index contributed by atoms with van der Waals surface area (Å²) in [5.74, 6) is -0.474. The zero-order chi connectivity index (χ0) is 13.2. The van der Waals surface area contributed by atoms with Crippen LogP contribution in [0.25, 0.3) is 0 Å². The van der Waals surface area contributed by atoms with E-state index in [0.717, 1.165) is 6.07 Å². The van der Waals surface area contributed by atoms with Crippen molar-refractivity contribution >= 4 is 11.4 Å². The normalized spacial score (nSPS) is 12.6. The molecule has 1 aromatic carbocycles. The second-order valence-electron chi connectivity index (χ2n) is 4.46. The van der Waals surface area contributed by atoms with Crippen molar-refractivity contribution < 1.29 is 9.31 Å². The molecule has 0 aliphatic heterocycles. The number of nitro benzene ring substituents is 1. The van der Waals surface area contributed by atoms with Crippen molar-refractivity contribution in [3.05, 3.63) is 34.1 Å². The Balaban J connectivity index is 3.22. The van der Waals surface area contributed by atoms with Crippen LogP contribution < -0.4 is 4.90 Å². The number of para-hydroxylation sites is 1. The summed E-state index contributed by atoms with van der Waals surface area (Å²) >= 11 is 0. The lowest BCUT2D eigenvalue weighted by molar-refractivity contribution is -0.386. The molecule has 0 aliphatic carbocycles. The summed E-state index contributed by atoms with van der Waals surface area (Å²) in [5.41, 5.74) is -0.140. The molecule has 0 amide bonds. The molecule has 1 unspecified atom stereocenters. The third-order valence-electron chi connectivity index (χ3n) is 3.10. The van der Waals surface area contributed by atoms with Crippen LogP contribution in [0.15, 0.2) is 18.2 Å². The molecule has 0 heterocycles. The smallest absolute Gasteiger partial charge is 0.327 e. The molecule has 0 bridgehead atoms. The maximum atomic E-state index is 13.5. The molecule has 1 atom stereocenters. The molecule has 0 spiro atoms. The summed E-state index contributed by atoms with van der Waals surface area (Å²) in [6.45, 7) is 6.00. The van der Waals surface area contributed by atoms with Crippen molar-refractivity contribution in [1.29, 1.82) is 0 Å². The Hall–Kier alpha value is -1.65. The number of nitro groups is 1. The van der Waals surface area contributed by atoms with Crippen molar-refractivity contribution in [3.8, 4) is 0 Å². The van der Waals surface area contributed by atoms with Gasteiger partial charge >= 0.3 is 5.69 Å². The average molecular weight is 240 g/mol. The lowest BCUT2D eigenvalue weighted by Crippen LogP contribution is -2.33. The number of benzene rings is 1. The first kappa shape index (κ1) is 13.4. The van der Waals surface area contributed by atoms with Crippen LogP contribution in [-0.2, 0) is 0 Å². The Morgan fingerprint density at radius 1 is 1.35 bits per heavy atom. The summed E-state index contributed by atoms with van der Waals surface area (Å²) in [4.78, 5) is 11.9. The molecule has 0 radical (unpaired) electrons. The van der Waals surface area contributed by atoms with Gasteiger partial charge in [-0.25, -0.2) is 0 Å².